The number of ether oxygens (including phenoxy) is 4. The van der Waals surface area contributed by atoms with E-state index in [4.69, 9.17) is 18.9 Å². The molecule has 47 heavy (non-hydrogen) atoms. The minimum atomic E-state index is -0.702. The fourth-order valence-corrected chi connectivity index (χ4v) is 4.71. The van der Waals surface area contributed by atoms with Gasteiger partial charge in [0.15, 0.2) is 0 Å². The van der Waals surface area contributed by atoms with Crippen LogP contribution in [0.15, 0.2) is 109 Å². The zero-order valence-corrected chi connectivity index (χ0v) is 26.7. The molecule has 0 aliphatic heterocycles. The molecule has 0 saturated heterocycles. The van der Waals surface area contributed by atoms with Crippen LogP contribution < -0.4 is 20.1 Å². The van der Waals surface area contributed by atoms with Gasteiger partial charge in [-0.15, -0.1) is 0 Å². The van der Waals surface area contributed by atoms with E-state index in [1.54, 1.807) is 51.1 Å². The third-order valence-corrected chi connectivity index (χ3v) is 6.98. The van der Waals surface area contributed by atoms with E-state index in [0.29, 0.717) is 11.4 Å². The molecule has 9 heteroatoms. The normalized spacial score (nSPS) is 11.0. The summed E-state index contributed by atoms with van der Waals surface area (Å²) in [5.41, 5.74) is 2.35. The first-order valence-electron chi connectivity index (χ1n) is 15.0. The molecule has 0 atom stereocenters. The van der Waals surface area contributed by atoms with Crippen LogP contribution in [0.2, 0.25) is 0 Å². The number of carbonyl (C=O) groups is 3. The van der Waals surface area contributed by atoms with E-state index in [-0.39, 0.29) is 35.8 Å². The Morgan fingerprint density at radius 3 is 1.89 bits per heavy atom. The summed E-state index contributed by atoms with van der Waals surface area (Å²) in [6.45, 7) is 5.70. The van der Waals surface area contributed by atoms with E-state index in [9.17, 15) is 14.4 Å². The Bertz CT molecular complexity index is 1900. The van der Waals surface area contributed by atoms with E-state index >= 15 is 0 Å². The van der Waals surface area contributed by atoms with Crippen molar-refractivity contribution in [1.29, 1.82) is 0 Å². The van der Waals surface area contributed by atoms with Crippen molar-refractivity contribution in [3.05, 3.63) is 131 Å². The molecule has 0 radical (unpaired) electrons. The van der Waals surface area contributed by atoms with Crippen LogP contribution in [-0.4, -0.2) is 30.7 Å². The summed E-state index contributed by atoms with van der Waals surface area (Å²) >= 11 is 0. The molecule has 5 aromatic rings. The maximum atomic E-state index is 13.6. The van der Waals surface area contributed by atoms with Gasteiger partial charge in [-0.05, 0) is 85.1 Å². The van der Waals surface area contributed by atoms with Gasteiger partial charge < -0.3 is 24.3 Å². The van der Waals surface area contributed by atoms with Gasteiger partial charge in [0, 0.05) is 5.56 Å². The number of hydrogen-bond acceptors (Lipinski definition) is 7. The predicted octanol–water partition coefficient (Wildman–Crippen LogP) is 8.38. The molecule has 2 N–H and O–H groups in total. The Labute approximate surface area is 273 Å². The van der Waals surface area contributed by atoms with Crippen molar-refractivity contribution in [2.75, 3.05) is 17.7 Å². The molecule has 9 nitrogen and oxygen atoms in total. The van der Waals surface area contributed by atoms with Gasteiger partial charge in [0.1, 0.15) is 30.3 Å². The van der Waals surface area contributed by atoms with Gasteiger partial charge in [0.25, 0.3) is 5.91 Å². The summed E-state index contributed by atoms with van der Waals surface area (Å²) in [5.74, 6) is -0.425. The zero-order chi connectivity index (χ0) is 33.4. The molecular weight excluding hydrogens is 596 g/mol. The number of esters is 1. The summed E-state index contributed by atoms with van der Waals surface area (Å²) in [5, 5.41) is 7.78. The first-order valence-corrected chi connectivity index (χ1v) is 15.0. The average molecular weight is 633 g/mol. The van der Waals surface area contributed by atoms with Gasteiger partial charge in [-0.3, -0.25) is 10.1 Å². The number of amides is 2. The summed E-state index contributed by atoms with van der Waals surface area (Å²) < 4.78 is 22.5. The third-order valence-electron chi connectivity index (χ3n) is 6.98. The highest BCUT2D eigenvalue weighted by atomic mass is 16.6. The Balaban J connectivity index is 1.39. The first kappa shape index (κ1) is 32.6. The average Bonchev–Trinajstić information content (AvgIpc) is 3.06. The van der Waals surface area contributed by atoms with E-state index in [2.05, 4.69) is 10.6 Å². The number of methoxy groups -OCH3 is 1. The molecule has 0 aromatic heterocycles. The van der Waals surface area contributed by atoms with Crippen molar-refractivity contribution in [3.63, 3.8) is 0 Å². The fourth-order valence-electron chi connectivity index (χ4n) is 4.71. The highest BCUT2D eigenvalue weighted by Crippen LogP contribution is 2.31. The lowest BCUT2D eigenvalue weighted by atomic mass is 10.1. The lowest BCUT2D eigenvalue weighted by Gasteiger charge is -2.21. The van der Waals surface area contributed by atoms with Crippen molar-refractivity contribution in [2.45, 2.75) is 39.6 Å². The van der Waals surface area contributed by atoms with Crippen molar-refractivity contribution in [2.24, 2.45) is 0 Å². The second kappa shape index (κ2) is 14.5. The molecule has 5 aromatic carbocycles. The Morgan fingerprint density at radius 2 is 1.21 bits per heavy atom. The second-order valence-electron chi connectivity index (χ2n) is 11.7. The van der Waals surface area contributed by atoms with Gasteiger partial charge in [-0.25, -0.2) is 9.59 Å². The summed E-state index contributed by atoms with van der Waals surface area (Å²) in [4.78, 5) is 38.5. The maximum absolute atomic E-state index is 13.6. The lowest BCUT2D eigenvalue weighted by Crippen LogP contribution is -2.27. The van der Waals surface area contributed by atoms with Crippen molar-refractivity contribution >= 4 is 40.1 Å². The highest BCUT2D eigenvalue weighted by Gasteiger charge is 2.20. The third kappa shape index (κ3) is 8.88. The molecule has 0 unspecified atom stereocenters. The standard InChI is InChI=1S/C38H36N2O7/c1-38(2,3)47-37(43)40-32-18-16-29(21-33(32)45-23-25-10-6-5-7-11-25)35(41)39-31-19-17-30(36(42)44-4)22-34(31)46-24-26-14-15-27-12-8-9-13-28(27)20-26/h5-22H,23-24H2,1-4H3,(H,39,41)(H,40,43). The predicted molar refractivity (Wildman–Crippen MR) is 181 cm³/mol. The quantitative estimate of drug-likeness (QED) is 0.149. The number of anilines is 2. The molecule has 0 aliphatic rings. The molecule has 0 saturated carbocycles. The topological polar surface area (TPSA) is 112 Å². The molecule has 5 rings (SSSR count). The molecule has 0 heterocycles. The number of hydrogen-bond donors (Lipinski definition) is 2. The number of fused-ring (bicyclic) bond motifs is 1. The van der Waals surface area contributed by atoms with Gasteiger partial charge in [0.05, 0.1) is 24.0 Å². The van der Waals surface area contributed by atoms with E-state index < -0.39 is 23.6 Å². The zero-order valence-electron chi connectivity index (χ0n) is 26.7. The molecule has 0 bridgehead atoms. The lowest BCUT2D eigenvalue weighted by molar-refractivity contribution is 0.0597. The summed E-state index contributed by atoms with van der Waals surface area (Å²) in [6.07, 6.45) is -0.654. The number of carbonyl (C=O) groups excluding carboxylic acids is 3. The largest absolute Gasteiger partial charge is 0.487 e. The minimum absolute atomic E-state index is 0.195. The molecule has 0 aliphatic carbocycles. The minimum Gasteiger partial charge on any atom is -0.487 e. The summed E-state index contributed by atoms with van der Waals surface area (Å²) in [7, 11) is 1.30. The fraction of sp³-hybridized carbons (Fsp3) is 0.184. The maximum Gasteiger partial charge on any atom is 0.412 e. The first-order chi connectivity index (χ1) is 22.6. The highest BCUT2D eigenvalue weighted by molar-refractivity contribution is 6.06. The van der Waals surface area contributed by atoms with Gasteiger partial charge in [-0.1, -0.05) is 66.7 Å². The Morgan fingerprint density at radius 1 is 0.617 bits per heavy atom. The van der Waals surface area contributed by atoms with Gasteiger partial charge in [-0.2, -0.15) is 0 Å². The van der Waals surface area contributed by atoms with Crippen LogP contribution in [0, 0.1) is 0 Å². The van der Waals surface area contributed by atoms with Crippen LogP contribution in [0.3, 0.4) is 0 Å². The van der Waals surface area contributed by atoms with Crippen molar-refractivity contribution in [1.82, 2.24) is 0 Å². The SMILES string of the molecule is COC(=O)c1ccc(NC(=O)c2ccc(NC(=O)OC(C)(C)C)c(OCc3ccccc3)c2)c(OCc2ccc3ccccc3c2)c1. The van der Waals surface area contributed by atoms with Crippen LogP contribution in [0.5, 0.6) is 11.5 Å². The Hall–Kier alpha value is -5.83. The summed E-state index contributed by atoms with van der Waals surface area (Å²) in [6, 6.07) is 32.9. The van der Waals surface area contributed by atoms with Gasteiger partial charge >= 0.3 is 12.1 Å². The number of benzene rings is 5. The monoisotopic (exact) mass is 632 g/mol. The molecule has 0 fully saturated rings. The smallest absolute Gasteiger partial charge is 0.412 e. The van der Waals surface area contributed by atoms with Crippen LogP contribution >= 0.6 is 0 Å². The van der Waals surface area contributed by atoms with Crippen LogP contribution in [0.4, 0.5) is 16.2 Å². The van der Waals surface area contributed by atoms with Crippen molar-refractivity contribution in [3.8, 4) is 11.5 Å². The second-order valence-corrected chi connectivity index (χ2v) is 11.7. The molecule has 240 valence electrons. The van der Waals surface area contributed by atoms with Gasteiger partial charge in [0.2, 0.25) is 0 Å². The number of rotatable bonds is 10. The van der Waals surface area contributed by atoms with E-state index in [0.717, 1.165) is 21.9 Å². The molecule has 0 spiro atoms. The molecule has 2 amide bonds. The van der Waals surface area contributed by atoms with E-state index in [1.165, 1.54) is 13.2 Å². The van der Waals surface area contributed by atoms with Crippen LogP contribution in [0.1, 0.15) is 52.6 Å². The van der Waals surface area contributed by atoms with Crippen LogP contribution in [0.25, 0.3) is 10.8 Å². The van der Waals surface area contributed by atoms with Crippen LogP contribution in [-0.2, 0) is 22.7 Å². The number of nitrogens with one attached hydrogen (secondary N) is 2. The Kier molecular flexibility index (Phi) is 10.1. The van der Waals surface area contributed by atoms with E-state index in [1.807, 2.05) is 72.8 Å². The van der Waals surface area contributed by atoms with Crippen molar-refractivity contribution < 1.29 is 33.3 Å². The molecular formula is C38H36N2O7.